The van der Waals surface area contributed by atoms with Crippen molar-refractivity contribution in [1.29, 1.82) is 0 Å². The van der Waals surface area contributed by atoms with Crippen molar-refractivity contribution in [3.63, 3.8) is 0 Å². The Balaban J connectivity index is 0.000000204. The first kappa shape index (κ1) is 15.2. The van der Waals surface area contributed by atoms with Crippen molar-refractivity contribution >= 4 is 18.2 Å². The van der Waals surface area contributed by atoms with E-state index in [-0.39, 0.29) is 17.9 Å². The van der Waals surface area contributed by atoms with Gasteiger partial charge in [-0.15, -0.1) is 0 Å². The predicted octanol–water partition coefficient (Wildman–Crippen LogP) is 1.26. The maximum atomic E-state index is 10.3. The van der Waals surface area contributed by atoms with Crippen LogP contribution in [0.4, 0.5) is 0 Å². The Bertz CT molecular complexity index is 578. The van der Waals surface area contributed by atoms with Crippen LogP contribution in [0.5, 0.6) is 0 Å². The molecule has 0 saturated carbocycles. The number of aromatic carboxylic acids is 2. The summed E-state index contributed by atoms with van der Waals surface area (Å²) >= 11 is 0. The number of carboxylic acid groups (broad SMARTS) is 2. The summed E-state index contributed by atoms with van der Waals surface area (Å²) in [5.74, 6) is -3.03. The molecule has 2 rings (SSSR count). The van der Waals surface area contributed by atoms with E-state index < -0.39 is 17.7 Å². The van der Waals surface area contributed by atoms with E-state index >= 15 is 0 Å². The Morgan fingerprint density at radius 1 is 1.10 bits per heavy atom. The van der Waals surface area contributed by atoms with Crippen LogP contribution in [-0.4, -0.2) is 33.5 Å². The smallest absolute Gasteiger partial charge is 0.372 e. The summed E-state index contributed by atoms with van der Waals surface area (Å²) in [4.78, 5) is 30.5. The standard InChI is InChI=1S/C6H4O5.C6H6O3/c7-5(8)3-1-2-11-4(3)6(9)10;7-3-5-1-2-9-6(5)4-8/h1-2H,(H,7,8)(H,9,10);1-2,4,7H,3H2. The van der Waals surface area contributed by atoms with Gasteiger partial charge in [-0.25, -0.2) is 9.59 Å². The number of hydrogen-bond acceptors (Lipinski definition) is 6. The van der Waals surface area contributed by atoms with E-state index in [1.165, 1.54) is 6.26 Å². The van der Waals surface area contributed by atoms with E-state index in [0.717, 1.165) is 12.3 Å². The zero-order chi connectivity index (χ0) is 15.1. The Morgan fingerprint density at radius 2 is 1.75 bits per heavy atom. The number of rotatable bonds is 4. The summed E-state index contributed by atoms with van der Waals surface area (Å²) in [6, 6.07) is 2.65. The molecule has 0 aliphatic rings. The van der Waals surface area contributed by atoms with Gasteiger partial charge in [0.25, 0.3) is 0 Å². The summed E-state index contributed by atoms with van der Waals surface area (Å²) in [7, 11) is 0. The zero-order valence-corrected chi connectivity index (χ0v) is 9.98. The Kier molecular flexibility index (Phi) is 5.24. The lowest BCUT2D eigenvalue weighted by atomic mass is 10.2. The molecule has 8 nitrogen and oxygen atoms in total. The number of aliphatic hydroxyl groups excluding tert-OH is 1. The van der Waals surface area contributed by atoms with Crippen LogP contribution in [0.25, 0.3) is 0 Å². The van der Waals surface area contributed by atoms with Crippen LogP contribution in [0, 0.1) is 0 Å². The van der Waals surface area contributed by atoms with Gasteiger partial charge in [0.05, 0.1) is 19.1 Å². The van der Waals surface area contributed by atoms with Crippen LogP contribution in [0.15, 0.2) is 33.5 Å². The SMILES string of the molecule is O=C(O)c1ccoc1C(=O)O.O=Cc1occc1CO. The summed E-state index contributed by atoms with van der Waals surface area (Å²) in [5.41, 5.74) is 0.197. The molecular weight excluding hydrogens is 272 g/mol. The average Bonchev–Trinajstić information content (AvgIpc) is 3.07. The van der Waals surface area contributed by atoms with Gasteiger partial charge in [0, 0.05) is 5.56 Å². The lowest BCUT2D eigenvalue weighted by Gasteiger charge is -1.88. The summed E-state index contributed by atoms with van der Waals surface area (Å²) < 4.78 is 9.08. The third kappa shape index (κ3) is 3.56. The molecule has 0 aliphatic carbocycles. The highest BCUT2D eigenvalue weighted by Crippen LogP contribution is 2.09. The maximum absolute atomic E-state index is 10.3. The minimum absolute atomic E-state index is 0.148. The number of carbonyl (C=O) groups excluding carboxylic acids is 1. The van der Waals surface area contributed by atoms with Crippen LogP contribution in [0.1, 0.15) is 37.0 Å². The number of aldehydes is 1. The number of carboxylic acids is 2. The highest BCUT2D eigenvalue weighted by atomic mass is 16.4. The summed E-state index contributed by atoms with van der Waals surface area (Å²) in [5, 5.41) is 25.2. The predicted molar refractivity (Wildman–Crippen MR) is 62.6 cm³/mol. The molecule has 0 spiro atoms. The summed E-state index contributed by atoms with van der Waals surface area (Å²) in [6.45, 7) is -0.148. The molecule has 0 aliphatic heterocycles. The van der Waals surface area contributed by atoms with Crippen molar-refractivity contribution < 1.29 is 38.5 Å². The van der Waals surface area contributed by atoms with Gasteiger partial charge in [-0.3, -0.25) is 4.79 Å². The first-order chi connectivity index (χ1) is 9.51. The van der Waals surface area contributed by atoms with Crippen molar-refractivity contribution in [2.75, 3.05) is 0 Å². The van der Waals surface area contributed by atoms with Gasteiger partial charge >= 0.3 is 11.9 Å². The van der Waals surface area contributed by atoms with Gasteiger partial charge in [0.1, 0.15) is 5.56 Å². The summed E-state index contributed by atoms with van der Waals surface area (Å²) in [6.07, 6.45) is 2.97. The van der Waals surface area contributed by atoms with Gasteiger partial charge in [0.15, 0.2) is 12.0 Å². The Labute approximate surface area is 111 Å². The van der Waals surface area contributed by atoms with Crippen LogP contribution in [-0.2, 0) is 6.61 Å². The Morgan fingerprint density at radius 3 is 2.15 bits per heavy atom. The second-order valence-corrected chi connectivity index (χ2v) is 3.36. The fourth-order valence-corrected chi connectivity index (χ4v) is 1.22. The van der Waals surface area contributed by atoms with E-state index in [4.69, 9.17) is 15.3 Å². The van der Waals surface area contributed by atoms with Gasteiger partial charge in [-0.05, 0) is 12.1 Å². The fourth-order valence-electron chi connectivity index (χ4n) is 1.22. The normalized spacial score (nSPS) is 9.45. The van der Waals surface area contributed by atoms with Gasteiger partial charge < -0.3 is 24.2 Å². The molecule has 8 heteroatoms. The molecule has 0 amide bonds. The molecule has 0 saturated heterocycles. The topological polar surface area (TPSA) is 138 Å². The molecule has 2 aromatic heterocycles. The molecule has 0 radical (unpaired) electrons. The number of furan rings is 2. The third-order valence-electron chi connectivity index (χ3n) is 2.15. The molecule has 106 valence electrons. The highest BCUT2D eigenvalue weighted by Gasteiger charge is 2.18. The van der Waals surface area contributed by atoms with Crippen molar-refractivity contribution in [2.24, 2.45) is 0 Å². The molecular formula is C12H10O8. The maximum Gasteiger partial charge on any atom is 0.372 e. The second kappa shape index (κ2) is 6.90. The van der Waals surface area contributed by atoms with E-state index in [9.17, 15) is 14.4 Å². The van der Waals surface area contributed by atoms with E-state index in [2.05, 4.69) is 8.83 Å². The lowest BCUT2D eigenvalue weighted by Crippen LogP contribution is -2.03. The molecule has 2 aromatic rings. The molecule has 0 fully saturated rings. The molecule has 0 bridgehead atoms. The van der Waals surface area contributed by atoms with Gasteiger partial charge in [-0.1, -0.05) is 0 Å². The van der Waals surface area contributed by atoms with Crippen molar-refractivity contribution in [3.05, 3.63) is 47.3 Å². The molecule has 0 atom stereocenters. The van der Waals surface area contributed by atoms with Crippen LogP contribution < -0.4 is 0 Å². The molecule has 0 aromatic carbocycles. The van der Waals surface area contributed by atoms with Crippen molar-refractivity contribution in [1.82, 2.24) is 0 Å². The number of aliphatic hydroxyl groups is 1. The van der Waals surface area contributed by atoms with Crippen molar-refractivity contribution in [3.8, 4) is 0 Å². The van der Waals surface area contributed by atoms with Crippen LogP contribution >= 0.6 is 0 Å². The quantitative estimate of drug-likeness (QED) is 0.712. The van der Waals surface area contributed by atoms with Gasteiger partial charge in [-0.2, -0.15) is 0 Å². The minimum atomic E-state index is -1.38. The van der Waals surface area contributed by atoms with E-state index in [0.29, 0.717) is 11.8 Å². The highest BCUT2D eigenvalue weighted by molar-refractivity contribution is 5.99. The average molecular weight is 282 g/mol. The lowest BCUT2D eigenvalue weighted by molar-refractivity contribution is 0.0626. The zero-order valence-electron chi connectivity index (χ0n) is 9.98. The van der Waals surface area contributed by atoms with E-state index in [1.807, 2.05) is 0 Å². The molecule has 3 N–H and O–H groups in total. The first-order valence-electron chi connectivity index (χ1n) is 5.17. The van der Waals surface area contributed by atoms with Gasteiger partial charge in [0.2, 0.25) is 5.76 Å². The molecule has 0 unspecified atom stereocenters. The monoisotopic (exact) mass is 282 g/mol. The minimum Gasteiger partial charge on any atom is -0.478 e. The van der Waals surface area contributed by atoms with Crippen molar-refractivity contribution in [2.45, 2.75) is 6.61 Å². The van der Waals surface area contributed by atoms with Crippen LogP contribution in [0.2, 0.25) is 0 Å². The first-order valence-corrected chi connectivity index (χ1v) is 5.17. The number of carbonyl (C=O) groups is 3. The third-order valence-corrected chi connectivity index (χ3v) is 2.15. The fraction of sp³-hybridized carbons (Fsp3) is 0.0833. The molecule has 20 heavy (non-hydrogen) atoms. The Hall–Kier alpha value is -2.87. The number of hydrogen-bond donors (Lipinski definition) is 3. The van der Waals surface area contributed by atoms with E-state index in [1.54, 1.807) is 6.07 Å². The van der Waals surface area contributed by atoms with Crippen LogP contribution in [0.3, 0.4) is 0 Å². The largest absolute Gasteiger partial charge is 0.478 e. The second-order valence-electron chi connectivity index (χ2n) is 3.36. The molecule has 2 heterocycles.